The van der Waals surface area contributed by atoms with Crippen LogP contribution in [0, 0.1) is 0 Å². The molecule has 1 aliphatic rings. The van der Waals surface area contributed by atoms with Crippen molar-refractivity contribution in [2.75, 3.05) is 26.2 Å². The van der Waals surface area contributed by atoms with Crippen LogP contribution in [0.4, 0.5) is 0 Å². The van der Waals surface area contributed by atoms with Crippen LogP contribution in [0.15, 0.2) is 18.2 Å². The van der Waals surface area contributed by atoms with E-state index in [9.17, 15) is 9.90 Å². The second-order valence-electron chi connectivity index (χ2n) is 4.47. The lowest BCUT2D eigenvalue weighted by Gasteiger charge is -2.14. The Hall–Kier alpha value is -1.26. The molecule has 5 heteroatoms. The number of phenolic OH excluding ortho intramolecular Hbond substituents is 1. The second-order valence-corrected chi connectivity index (χ2v) is 4.88. The average Bonchev–Trinajstić information content (AvgIpc) is 2.85. The fourth-order valence-corrected chi connectivity index (χ4v) is 2.26. The lowest BCUT2D eigenvalue weighted by molar-refractivity contribution is 0.0950. The highest BCUT2D eigenvalue weighted by Gasteiger charge is 2.12. The van der Waals surface area contributed by atoms with E-state index in [1.807, 2.05) is 0 Å². The Morgan fingerprint density at radius 1 is 1.39 bits per heavy atom. The minimum Gasteiger partial charge on any atom is -0.506 e. The highest BCUT2D eigenvalue weighted by molar-refractivity contribution is 6.32. The van der Waals surface area contributed by atoms with Gasteiger partial charge in [0.2, 0.25) is 0 Å². The van der Waals surface area contributed by atoms with Gasteiger partial charge in [-0.25, -0.2) is 0 Å². The summed E-state index contributed by atoms with van der Waals surface area (Å²) in [6.07, 6.45) is 2.50. The van der Waals surface area contributed by atoms with Crippen LogP contribution in [0.1, 0.15) is 23.2 Å². The molecule has 1 amide bonds. The van der Waals surface area contributed by atoms with Crippen LogP contribution in [0.2, 0.25) is 5.02 Å². The fraction of sp³-hybridized carbons (Fsp3) is 0.462. The van der Waals surface area contributed by atoms with E-state index in [2.05, 4.69) is 10.2 Å². The van der Waals surface area contributed by atoms with Crippen LogP contribution in [0.5, 0.6) is 5.75 Å². The number of benzene rings is 1. The van der Waals surface area contributed by atoms with Gasteiger partial charge < -0.3 is 15.3 Å². The normalized spacial score (nSPS) is 15.8. The van der Waals surface area contributed by atoms with Gasteiger partial charge in [-0.15, -0.1) is 0 Å². The van der Waals surface area contributed by atoms with Gasteiger partial charge in [0.1, 0.15) is 5.75 Å². The third-order valence-electron chi connectivity index (χ3n) is 3.12. The number of carbonyl (C=O) groups excluding carboxylic acids is 1. The van der Waals surface area contributed by atoms with Crippen molar-refractivity contribution in [2.24, 2.45) is 0 Å². The molecule has 1 aromatic carbocycles. The molecule has 1 aromatic rings. The van der Waals surface area contributed by atoms with E-state index in [0.717, 1.165) is 19.6 Å². The summed E-state index contributed by atoms with van der Waals surface area (Å²) in [4.78, 5) is 14.1. The van der Waals surface area contributed by atoms with Crippen LogP contribution >= 0.6 is 11.6 Å². The topological polar surface area (TPSA) is 52.6 Å². The maximum atomic E-state index is 11.8. The molecule has 0 saturated carbocycles. The molecule has 98 valence electrons. The second kappa shape index (κ2) is 6.07. The molecule has 2 N–H and O–H groups in total. The van der Waals surface area contributed by atoms with Gasteiger partial charge in [0.15, 0.2) is 0 Å². The van der Waals surface area contributed by atoms with Crippen LogP contribution < -0.4 is 5.32 Å². The third kappa shape index (κ3) is 3.37. The molecule has 0 spiro atoms. The van der Waals surface area contributed by atoms with Crippen molar-refractivity contribution in [2.45, 2.75) is 12.8 Å². The maximum absolute atomic E-state index is 11.8. The van der Waals surface area contributed by atoms with Gasteiger partial charge in [-0.1, -0.05) is 11.6 Å². The number of rotatable bonds is 4. The van der Waals surface area contributed by atoms with Crippen molar-refractivity contribution >= 4 is 17.5 Å². The standard InChI is InChI=1S/C13H17ClN2O2/c14-11-9-10(3-4-12(11)17)13(18)15-5-8-16-6-1-2-7-16/h3-4,9,17H,1-2,5-8H2,(H,15,18). The van der Waals surface area contributed by atoms with Gasteiger partial charge in [0.25, 0.3) is 5.91 Å². The SMILES string of the molecule is O=C(NCCN1CCCC1)c1ccc(O)c(Cl)c1. The Balaban J connectivity index is 1.81. The Morgan fingerprint density at radius 3 is 2.78 bits per heavy atom. The molecular formula is C13H17ClN2O2. The summed E-state index contributed by atoms with van der Waals surface area (Å²) in [5.74, 6) is -0.165. The average molecular weight is 269 g/mol. The third-order valence-corrected chi connectivity index (χ3v) is 3.42. The summed E-state index contributed by atoms with van der Waals surface area (Å²) in [5.41, 5.74) is 0.472. The predicted octanol–water partition coefficient (Wildman–Crippen LogP) is 1.87. The molecular weight excluding hydrogens is 252 g/mol. The predicted molar refractivity (Wildman–Crippen MR) is 71.1 cm³/mol. The molecule has 0 atom stereocenters. The van der Waals surface area contributed by atoms with Crippen LogP contribution in [0.25, 0.3) is 0 Å². The van der Waals surface area contributed by atoms with Gasteiger partial charge in [0.05, 0.1) is 5.02 Å². The maximum Gasteiger partial charge on any atom is 0.251 e. The van der Waals surface area contributed by atoms with Crippen molar-refractivity contribution in [1.29, 1.82) is 0 Å². The van der Waals surface area contributed by atoms with Gasteiger partial charge in [-0.3, -0.25) is 4.79 Å². The Labute approximate surface area is 112 Å². The molecule has 0 aromatic heterocycles. The number of hydrogen-bond acceptors (Lipinski definition) is 3. The number of likely N-dealkylation sites (tertiary alicyclic amines) is 1. The van der Waals surface area contributed by atoms with Crippen LogP contribution in [-0.2, 0) is 0 Å². The van der Waals surface area contributed by atoms with Crippen molar-refractivity contribution in [3.05, 3.63) is 28.8 Å². The zero-order valence-corrected chi connectivity index (χ0v) is 10.9. The molecule has 0 unspecified atom stereocenters. The van der Waals surface area contributed by atoms with Gasteiger partial charge >= 0.3 is 0 Å². The summed E-state index contributed by atoms with van der Waals surface area (Å²) in [6, 6.07) is 4.46. The number of carbonyl (C=O) groups is 1. The number of aromatic hydroxyl groups is 1. The molecule has 18 heavy (non-hydrogen) atoms. The highest BCUT2D eigenvalue weighted by Crippen LogP contribution is 2.23. The Kier molecular flexibility index (Phi) is 4.44. The zero-order chi connectivity index (χ0) is 13.0. The summed E-state index contributed by atoms with van der Waals surface area (Å²) < 4.78 is 0. The molecule has 1 fully saturated rings. The number of halogens is 1. The van der Waals surface area contributed by atoms with Crippen LogP contribution in [0.3, 0.4) is 0 Å². The zero-order valence-electron chi connectivity index (χ0n) is 10.2. The van der Waals surface area contributed by atoms with E-state index in [-0.39, 0.29) is 16.7 Å². The van der Waals surface area contributed by atoms with Crippen LogP contribution in [-0.4, -0.2) is 42.1 Å². The quantitative estimate of drug-likeness (QED) is 0.877. The van der Waals surface area contributed by atoms with Gasteiger partial charge in [0, 0.05) is 18.7 Å². The number of nitrogens with one attached hydrogen (secondary N) is 1. The number of hydrogen-bond donors (Lipinski definition) is 2. The molecule has 1 aliphatic heterocycles. The minimum absolute atomic E-state index is 0.00900. The summed E-state index contributed by atoms with van der Waals surface area (Å²) >= 11 is 5.76. The lowest BCUT2D eigenvalue weighted by atomic mass is 10.2. The molecule has 0 aliphatic carbocycles. The first-order valence-corrected chi connectivity index (χ1v) is 6.53. The number of nitrogens with zero attached hydrogens (tertiary/aromatic N) is 1. The van der Waals surface area contributed by atoms with Crippen molar-refractivity contribution in [3.63, 3.8) is 0 Å². The van der Waals surface area contributed by atoms with E-state index in [4.69, 9.17) is 11.6 Å². The van der Waals surface area contributed by atoms with E-state index in [1.165, 1.54) is 25.0 Å². The van der Waals surface area contributed by atoms with E-state index >= 15 is 0 Å². The molecule has 1 heterocycles. The monoisotopic (exact) mass is 268 g/mol. The van der Waals surface area contributed by atoms with E-state index in [0.29, 0.717) is 12.1 Å². The van der Waals surface area contributed by atoms with Crippen molar-refractivity contribution in [1.82, 2.24) is 10.2 Å². The molecule has 0 bridgehead atoms. The molecule has 4 nitrogen and oxygen atoms in total. The highest BCUT2D eigenvalue weighted by atomic mass is 35.5. The van der Waals surface area contributed by atoms with Crippen molar-refractivity contribution in [3.8, 4) is 5.75 Å². The fourth-order valence-electron chi connectivity index (χ4n) is 2.08. The Morgan fingerprint density at radius 2 is 2.11 bits per heavy atom. The van der Waals surface area contributed by atoms with E-state index < -0.39 is 0 Å². The smallest absolute Gasteiger partial charge is 0.251 e. The first kappa shape index (κ1) is 13.2. The lowest BCUT2D eigenvalue weighted by Crippen LogP contribution is -2.33. The number of amides is 1. The largest absolute Gasteiger partial charge is 0.506 e. The molecule has 2 rings (SSSR count). The summed E-state index contributed by atoms with van der Waals surface area (Å²) in [7, 11) is 0. The summed E-state index contributed by atoms with van der Waals surface area (Å²) in [6.45, 7) is 3.77. The Bertz CT molecular complexity index is 431. The van der Waals surface area contributed by atoms with Crippen molar-refractivity contribution < 1.29 is 9.90 Å². The minimum atomic E-state index is -0.156. The van der Waals surface area contributed by atoms with E-state index in [1.54, 1.807) is 6.07 Å². The first-order valence-electron chi connectivity index (χ1n) is 6.16. The first-order chi connectivity index (χ1) is 8.66. The number of phenols is 1. The molecule has 1 saturated heterocycles. The van der Waals surface area contributed by atoms with Gasteiger partial charge in [-0.2, -0.15) is 0 Å². The molecule has 0 radical (unpaired) electrons. The summed E-state index contributed by atoms with van der Waals surface area (Å²) in [5, 5.41) is 12.3. The van der Waals surface area contributed by atoms with Gasteiger partial charge in [-0.05, 0) is 44.1 Å².